The van der Waals surface area contributed by atoms with Crippen LogP contribution >= 0.6 is 11.3 Å². The first-order chi connectivity index (χ1) is 20.8. The molecule has 0 unspecified atom stereocenters. The van der Waals surface area contributed by atoms with E-state index in [1.807, 2.05) is 31.2 Å². The van der Waals surface area contributed by atoms with Gasteiger partial charge in [0.2, 0.25) is 5.91 Å². The molecule has 1 aromatic heterocycles. The van der Waals surface area contributed by atoms with E-state index in [0.717, 1.165) is 40.5 Å². The maximum atomic E-state index is 13.5. The number of anilines is 2. The van der Waals surface area contributed by atoms with Crippen LogP contribution in [0.5, 0.6) is 5.75 Å². The van der Waals surface area contributed by atoms with Crippen molar-refractivity contribution in [2.75, 3.05) is 44.3 Å². The molecule has 4 amide bonds. The minimum Gasteiger partial charge on any atom is -0.482 e. The molecular weight excluding hydrogens is 572 g/mol. The van der Waals surface area contributed by atoms with E-state index < -0.39 is 12.2 Å². The molecule has 43 heavy (non-hydrogen) atoms. The van der Waals surface area contributed by atoms with Gasteiger partial charge in [0.05, 0.1) is 28.5 Å². The van der Waals surface area contributed by atoms with E-state index in [1.165, 1.54) is 21.2 Å². The molecule has 1 fully saturated rings. The van der Waals surface area contributed by atoms with Crippen LogP contribution in [0.3, 0.4) is 0 Å². The highest BCUT2D eigenvalue weighted by atomic mass is 32.1. The van der Waals surface area contributed by atoms with Gasteiger partial charge in [-0.2, -0.15) is 5.01 Å². The van der Waals surface area contributed by atoms with Gasteiger partial charge < -0.3 is 36.1 Å². The molecule has 0 bridgehead atoms. The SMILES string of the molecule is CCCCNC(=O)N(C)N1CC(=O)N([C@H](C=O)Cc2ccc3c(c2)NC(=O)CO3)[C@@H]1CNCc1cccc2sc(N)nc12. The Morgan fingerprint density at radius 3 is 2.95 bits per heavy atom. The third-order valence-electron chi connectivity index (χ3n) is 7.53. The van der Waals surface area contributed by atoms with E-state index in [-0.39, 0.29) is 44.0 Å². The zero-order valence-corrected chi connectivity index (χ0v) is 25.0. The first-order valence-electron chi connectivity index (χ1n) is 14.2. The highest BCUT2D eigenvalue weighted by Crippen LogP contribution is 2.30. The van der Waals surface area contributed by atoms with Gasteiger partial charge in [-0.1, -0.05) is 42.9 Å². The van der Waals surface area contributed by atoms with Gasteiger partial charge in [-0.3, -0.25) is 14.6 Å². The standard InChI is InChI=1S/C29H36N8O5S/c1-3-4-10-32-29(41)35(2)36-15-26(40)37(20(16-38)11-18-8-9-22-21(12-18)33-24(39)17-42-22)25(36)14-31-13-19-6-5-7-23-27(19)34-28(30)43-23/h5-9,12,16,20,25,31H,3-4,10-11,13-15,17H2,1-2H3,(H2,30,34)(H,32,41)(H,33,39)/t20-,25+/m0/s1. The Balaban J connectivity index is 1.37. The van der Waals surface area contributed by atoms with Gasteiger partial charge in [0.25, 0.3) is 5.91 Å². The summed E-state index contributed by atoms with van der Waals surface area (Å²) in [5.41, 5.74) is 8.96. The van der Waals surface area contributed by atoms with Crippen molar-refractivity contribution in [2.24, 2.45) is 0 Å². The molecule has 2 atom stereocenters. The first kappa shape index (κ1) is 30.2. The Hall–Kier alpha value is -4.27. The van der Waals surface area contributed by atoms with Crippen LogP contribution < -0.4 is 26.4 Å². The van der Waals surface area contributed by atoms with Gasteiger partial charge in [-0.15, -0.1) is 0 Å². The van der Waals surface area contributed by atoms with Crippen molar-refractivity contribution in [1.29, 1.82) is 0 Å². The van der Waals surface area contributed by atoms with Gasteiger partial charge in [0.1, 0.15) is 18.2 Å². The number of carbonyl (C=O) groups is 4. The molecule has 228 valence electrons. The van der Waals surface area contributed by atoms with Crippen molar-refractivity contribution < 1.29 is 23.9 Å². The molecule has 0 aliphatic carbocycles. The summed E-state index contributed by atoms with van der Waals surface area (Å²) in [6.45, 7) is 3.14. The number of nitrogen functional groups attached to an aromatic ring is 1. The number of thiazole rings is 1. The fraction of sp³-hybridized carbons (Fsp3) is 0.414. The van der Waals surface area contributed by atoms with Gasteiger partial charge in [0, 0.05) is 26.7 Å². The summed E-state index contributed by atoms with van der Waals surface area (Å²) in [6.07, 6.45) is 2.10. The number of nitrogens with one attached hydrogen (secondary N) is 3. The lowest BCUT2D eigenvalue weighted by Gasteiger charge is -2.37. The molecule has 2 aliphatic rings. The summed E-state index contributed by atoms with van der Waals surface area (Å²) in [5, 5.41) is 12.7. The van der Waals surface area contributed by atoms with Crippen molar-refractivity contribution in [3.63, 3.8) is 0 Å². The summed E-state index contributed by atoms with van der Waals surface area (Å²) in [7, 11) is 1.62. The number of aldehydes is 1. The second kappa shape index (κ2) is 13.4. The lowest BCUT2D eigenvalue weighted by Crippen LogP contribution is -2.57. The second-order valence-corrected chi connectivity index (χ2v) is 11.6. The molecule has 0 radical (unpaired) electrons. The quantitative estimate of drug-likeness (QED) is 0.178. The molecule has 2 aliphatic heterocycles. The van der Waals surface area contributed by atoms with Crippen molar-refractivity contribution in [1.82, 2.24) is 30.5 Å². The molecule has 0 spiro atoms. The van der Waals surface area contributed by atoms with Crippen LogP contribution in [0.15, 0.2) is 36.4 Å². The summed E-state index contributed by atoms with van der Waals surface area (Å²) in [6, 6.07) is 10.0. The fourth-order valence-electron chi connectivity index (χ4n) is 5.37. The number of ether oxygens (including phenoxy) is 1. The van der Waals surface area contributed by atoms with Crippen molar-refractivity contribution in [2.45, 2.75) is 44.9 Å². The number of hydrazine groups is 1. The van der Waals surface area contributed by atoms with E-state index in [1.54, 1.807) is 24.2 Å². The molecule has 14 heteroatoms. The number of fused-ring (bicyclic) bond motifs is 2. The number of hydrogen-bond acceptors (Lipinski definition) is 10. The highest BCUT2D eigenvalue weighted by molar-refractivity contribution is 7.22. The minimum absolute atomic E-state index is 0.0556. The van der Waals surface area contributed by atoms with Gasteiger partial charge in [-0.25, -0.2) is 9.78 Å². The molecule has 3 heterocycles. The van der Waals surface area contributed by atoms with Crippen LogP contribution in [0, 0.1) is 0 Å². The van der Waals surface area contributed by atoms with Crippen LogP contribution in [-0.4, -0.2) is 89.5 Å². The van der Waals surface area contributed by atoms with Crippen LogP contribution in [0.4, 0.5) is 15.6 Å². The number of urea groups is 1. The number of nitrogens with zero attached hydrogens (tertiary/aromatic N) is 4. The Morgan fingerprint density at radius 2 is 2.16 bits per heavy atom. The van der Waals surface area contributed by atoms with E-state index >= 15 is 0 Å². The number of unbranched alkanes of at least 4 members (excludes halogenated alkanes) is 1. The topological polar surface area (TPSA) is 162 Å². The van der Waals surface area contributed by atoms with Crippen molar-refractivity contribution >= 4 is 56.5 Å². The van der Waals surface area contributed by atoms with Crippen LogP contribution in [0.25, 0.3) is 10.2 Å². The predicted molar refractivity (Wildman–Crippen MR) is 163 cm³/mol. The normalized spacial score (nSPS) is 17.3. The maximum Gasteiger partial charge on any atom is 0.331 e. The number of hydrogen-bond donors (Lipinski definition) is 4. The number of para-hydroxylation sites is 1. The molecule has 13 nitrogen and oxygen atoms in total. The number of aromatic nitrogens is 1. The summed E-state index contributed by atoms with van der Waals surface area (Å²) < 4.78 is 6.43. The smallest absolute Gasteiger partial charge is 0.331 e. The fourth-order valence-corrected chi connectivity index (χ4v) is 6.15. The monoisotopic (exact) mass is 608 g/mol. The lowest BCUT2D eigenvalue weighted by molar-refractivity contribution is -0.133. The van der Waals surface area contributed by atoms with Gasteiger partial charge in [-0.05, 0) is 42.2 Å². The van der Waals surface area contributed by atoms with E-state index in [4.69, 9.17) is 10.5 Å². The third-order valence-corrected chi connectivity index (χ3v) is 8.38. The average Bonchev–Trinajstić information content (AvgIpc) is 3.54. The zero-order valence-electron chi connectivity index (χ0n) is 24.2. The minimum atomic E-state index is -0.819. The number of rotatable bonds is 12. The Morgan fingerprint density at radius 1 is 1.33 bits per heavy atom. The molecule has 2 aromatic carbocycles. The number of benzene rings is 2. The van der Waals surface area contributed by atoms with Crippen LogP contribution in [0.1, 0.15) is 30.9 Å². The van der Waals surface area contributed by atoms with E-state index in [2.05, 4.69) is 20.9 Å². The van der Waals surface area contributed by atoms with E-state index in [9.17, 15) is 19.2 Å². The van der Waals surface area contributed by atoms with Crippen LogP contribution in [0.2, 0.25) is 0 Å². The lowest BCUT2D eigenvalue weighted by atomic mass is 10.0. The summed E-state index contributed by atoms with van der Waals surface area (Å²) in [5.74, 6) is 0.00884. The first-order valence-corrected chi connectivity index (χ1v) is 15.1. The summed E-state index contributed by atoms with van der Waals surface area (Å²) in [4.78, 5) is 56.8. The van der Waals surface area contributed by atoms with Crippen molar-refractivity contribution in [3.8, 4) is 5.75 Å². The Kier molecular flexibility index (Phi) is 9.38. The van der Waals surface area contributed by atoms with E-state index in [0.29, 0.717) is 29.7 Å². The Bertz CT molecular complexity index is 1510. The molecule has 5 N–H and O–H groups in total. The molecule has 5 rings (SSSR count). The van der Waals surface area contributed by atoms with Gasteiger partial charge >= 0.3 is 6.03 Å². The molecule has 3 aromatic rings. The second-order valence-electron chi connectivity index (χ2n) is 10.5. The largest absolute Gasteiger partial charge is 0.482 e. The zero-order chi connectivity index (χ0) is 30.5. The van der Waals surface area contributed by atoms with Crippen LogP contribution in [-0.2, 0) is 27.3 Å². The summed E-state index contributed by atoms with van der Waals surface area (Å²) >= 11 is 1.41. The third kappa shape index (κ3) is 6.71. The van der Waals surface area contributed by atoms with Gasteiger partial charge in [0.15, 0.2) is 11.7 Å². The number of amides is 4. The molecule has 1 saturated heterocycles. The molecular formula is C29H36N8O5S. The van der Waals surface area contributed by atoms with Crippen molar-refractivity contribution in [3.05, 3.63) is 47.5 Å². The highest BCUT2D eigenvalue weighted by Gasteiger charge is 2.44. The number of nitrogens with two attached hydrogens (primary N) is 1. The predicted octanol–water partition coefficient (Wildman–Crippen LogP) is 1.94. The number of carbonyl (C=O) groups excluding carboxylic acids is 4. The molecule has 0 saturated carbocycles. The maximum absolute atomic E-state index is 13.5. The Labute approximate surface area is 253 Å². The average molecular weight is 609 g/mol.